The number of aldehydes is 1. The van der Waals surface area contributed by atoms with Gasteiger partial charge in [0.15, 0.2) is 6.29 Å². The second-order valence-electron chi connectivity index (χ2n) is 4.64. The molecule has 106 valence electrons. The molecule has 1 aromatic carbocycles. The number of carbonyl (C=O) groups excluding carboxylic acids is 1. The van der Waals surface area contributed by atoms with Crippen molar-refractivity contribution in [1.29, 1.82) is 0 Å². The summed E-state index contributed by atoms with van der Waals surface area (Å²) in [6, 6.07) is 5.30. The third kappa shape index (κ3) is 5.77. The van der Waals surface area contributed by atoms with Gasteiger partial charge in [0.2, 0.25) is 0 Å². The number of hydrogen-bond acceptors (Lipinski definition) is 3. The Bertz CT molecular complexity index is 374. The topological polar surface area (TPSA) is 35.5 Å². The molecule has 1 aromatic rings. The summed E-state index contributed by atoms with van der Waals surface area (Å²) in [5.41, 5.74) is 0.547. The average molecular weight is 264 g/mol. The van der Waals surface area contributed by atoms with Crippen molar-refractivity contribution in [2.75, 3.05) is 13.7 Å². The van der Waals surface area contributed by atoms with Crippen LogP contribution in [0, 0.1) is 0 Å². The van der Waals surface area contributed by atoms with Gasteiger partial charge in [-0.25, -0.2) is 0 Å². The molecule has 1 rings (SSSR count). The SMILES string of the molecule is CCCCCCCCOc1ccc(OC)cc1C=O. The van der Waals surface area contributed by atoms with Crippen LogP contribution in [0.3, 0.4) is 0 Å². The molecule has 0 bridgehead atoms. The average Bonchev–Trinajstić information content (AvgIpc) is 2.46. The summed E-state index contributed by atoms with van der Waals surface area (Å²) in [5.74, 6) is 1.32. The van der Waals surface area contributed by atoms with Gasteiger partial charge in [-0.15, -0.1) is 0 Å². The predicted octanol–water partition coefficient (Wildman–Crippen LogP) is 4.25. The van der Waals surface area contributed by atoms with E-state index in [1.165, 1.54) is 32.1 Å². The molecule has 0 N–H and O–H groups in total. The lowest BCUT2D eigenvalue weighted by atomic mass is 10.1. The van der Waals surface area contributed by atoms with Gasteiger partial charge in [0.1, 0.15) is 11.5 Å². The van der Waals surface area contributed by atoms with Crippen molar-refractivity contribution < 1.29 is 14.3 Å². The Morgan fingerprint density at radius 1 is 1.11 bits per heavy atom. The molecule has 0 aliphatic carbocycles. The highest BCUT2D eigenvalue weighted by atomic mass is 16.5. The maximum absolute atomic E-state index is 11.0. The van der Waals surface area contributed by atoms with Crippen LogP contribution >= 0.6 is 0 Å². The van der Waals surface area contributed by atoms with Crippen LogP contribution in [-0.4, -0.2) is 20.0 Å². The summed E-state index contributed by atoms with van der Waals surface area (Å²) in [5, 5.41) is 0. The predicted molar refractivity (Wildman–Crippen MR) is 77.3 cm³/mol. The molecule has 0 fully saturated rings. The van der Waals surface area contributed by atoms with E-state index >= 15 is 0 Å². The number of unbranched alkanes of at least 4 members (excludes halogenated alkanes) is 5. The van der Waals surface area contributed by atoms with Crippen molar-refractivity contribution in [3.63, 3.8) is 0 Å². The molecule has 3 nitrogen and oxygen atoms in total. The van der Waals surface area contributed by atoms with E-state index in [0.717, 1.165) is 12.7 Å². The van der Waals surface area contributed by atoms with Crippen LogP contribution in [-0.2, 0) is 0 Å². The highest BCUT2D eigenvalue weighted by molar-refractivity contribution is 5.80. The summed E-state index contributed by atoms with van der Waals surface area (Å²) in [6.45, 7) is 2.88. The van der Waals surface area contributed by atoms with Crippen molar-refractivity contribution in [2.45, 2.75) is 45.4 Å². The van der Waals surface area contributed by atoms with E-state index in [2.05, 4.69) is 6.92 Å². The number of methoxy groups -OCH3 is 1. The Morgan fingerprint density at radius 3 is 2.53 bits per heavy atom. The lowest BCUT2D eigenvalue weighted by molar-refractivity contribution is 0.111. The maximum atomic E-state index is 11.0. The zero-order chi connectivity index (χ0) is 13.9. The quantitative estimate of drug-likeness (QED) is 0.468. The highest BCUT2D eigenvalue weighted by Gasteiger charge is 2.04. The summed E-state index contributed by atoms with van der Waals surface area (Å²) in [7, 11) is 1.58. The highest BCUT2D eigenvalue weighted by Crippen LogP contribution is 2.22. The Morgan fingerprint density at radius 2 is 1.84 bits per heavy atom. The van der Waals surface area contributed by atoms with Crippen molar-refractivity contribution in [3.8, 4) is 11.5 Å². The van der Waals surface area contributed by atoms with E-state index < -0.39 is 0 Å². The zero-order valence-electron chi connectivity index (χ0n) is 12.0. The second-order valence-corrected chi connectivity index (χ2v) is 4.64. The first-order valence-corrected chi connectivity index (χ1v) is 7.07. The van der Waals surface area contributed by atoms with Crippen molar-refractivity contribution in [3.05, 3.63) is 23.8 Å². The minimum absolute atomic E-state index is 0.547. The molecule has 0 aliphatic heterocycles. The first-order chi connectivity index (χ1) is 9.31. The monoisotopic (exact) mass is 264 g/mol. The fourth-order valence-corrected chi connectivity index (χ4v) is 1.94. The van der Waals surface area contributed by atoms with E-state index in [1.807, 2.05) is 6.07 Å². The maximum Gasteiger partial charge on any atom is 0.153 e. The lowest BCUT2D eigenvalue weighted by Gasteiger charge is -2.09. The molecular formula is C16H24O3. The molecule has 0 radical (unpaired) electrons. The number of ether oxygens (including phenoxy) is 2. The van der Waals surface area contributed by atoms with Crippen molar-refractivity contribution >= 4 is 6.29 Å². The number of benzene rings is 1. The minimum atomic E-state index is 0.547. The van der Waals surface area contributed by atoms with E-state index in [9.17, 15) is 4.79 Å². The number of hydrogen-bond donors (Lipinski definition) is 0. The van der Waals surface area contributed by atoms with Gasteiger partial charge in [0, 0.05) is 0 Å². The smallest absolute Gasteiger partial charge is 0.153 e. The van der Waals surface area contributed by atoms with Gasteiger partial charge in [-0.05, 0) is 24.6 Å². The van der Waals surface area contributed by atoms with Crippen LogP contribution in [0.15, 0.2) is 18.2 Å². The molecule has 0 saturated heterocycles. The van der Waals surface area contributed by atoms with Gasteiger partial charge < -0.3 is 9.47 Å². The van der Waals surface area contributed by atoms with Gasteiger partial charge >= 0.3 is 0 Å². The fourth-order valence-electron chi connectivity index (χ4n) is 1.94. The third-order valence-corrected chi connectivity index (χ3v) is 3.10. The Labute approximate surface area is 115 Å². The number of carbonyl (C=O) groups is 1. The van der Waals surface area contributed by atoms with Crippen molar-refractivity contribution in [2.24, 2.45) is 0 Å². The third-order valence-electron chi connectivity index (χ3n) is 3.10. The fraction of sp³-hybridized carbons (Fsp3) is 0.562. The minimum Gasteiger partial charge on any atom is -0.497 e. The second kappa shape index (κ2) is 9.42. The molecular weight excluding hydrogens is 240 g/mol. The van der Waals surface area contributed by atoms with Crippen LogP contribution < -0.4 is 9.47 Å². The largest absolute Gasteiger partial charge is 0.497 e. The molecule has 0 aromatic heterocycles. The molecule has 0 atom stereocenters. The van der Waals surface area contributed by atoms with Gasteiger partial charge in [0.25, 0.3) is 0 Å². The van der Waals surface area contributed by atoms with Crippen LogP contribution in [0.25, 0.3) is 0 Å². The van der Waals surface area contributed by atoms with Crippen LogP contribution in [0.2, 0.25) is 0 Å². The standard InChI is InChI=1S/C16H24O3/c1-3-4-5-6-7-8-11-19-16-10-9-15(18-2)12-14(16)13-17/h9-10,12-13H,3-8,11H2,1-2H3. The van der Waals surface area contributed by atoms with Gasteiger partial charge in [-0.2, -0.15) is 0 Å². The molecule has 3 heteroatoms. The first kappa shape index (κ1) is 15.5. The summed E-state index contributed by atoms with van der Waals surface area (Å²) < 4.78 is 10.7. The van der Waals surface area contributed by atoms with E-state index in [1.54, 1.807) is 19.2 Å². The Balaban J connectivity index is 2.30. The van der Waals surface area contributed by atoms with Gasteiger partial charge in [-0.1, -0.05) is 39.0 Å². The molecule has 0 amide bonds. The lowest BCUT2D eigenvalue weighted by Crippen LogP contribution is -2.00. The Hall–Kier alpha value is -1.51. The van der Waals surface area contributed by atoms with Crippen LogP contribution in [0.1, 0.15) is 55.8 Å². The normalized spacial score (nSPS) is 10.2. The van der Waals surface area contributed by atoms with Crippen molar-refractivity contribution in [1.82, 2.24) is 0 Å². The molecule has 0 saturated carbocycles. The molecule has 0 unspecified atom stereocenters. The summed E-state index contributed by atoms with van der Waals surface area (Å²) >= 11 is 0. The Kier molecular flexibility index (Phi) is 7.71. The summed E-state index contributed by atoms with van der Waals surface area (Å²) in [6.07, 6.45) is 8.18. The number of rotatable bonds is 10. The zero-order valence-corrected chi connectivity index (χ0v) is 12.0. The van der Waals surface area contributed by atoms with Gasteiger partial charge in [0.05, 0.1) is 19.3 Å². The van der Waals surface area contributed by atoms with E-state index in [4.69, 9.17) is 9.47 Å². The summed E-state index contributed by atoms with van der Waals surface area (Å²) in [4.78, 5) is 11.0. The molecule has 19 heavy (non-hydrogen) atoms. The molecule has 0 heterocycles. The molecule has 0 aliphatic rings. The molecule has 0 spiro atoms. The van der Waals surface area contributed by atoms with Crippen LogP contribution in [0.4, 0.5) is 0 Å². The first-order valence-electron chi connectivity index (χ1n) is 7.07. The van der Waals surface area contributed by atoms with Crippen LogP contribution in [0.5, 0.6) is 11.5 Å². The van der Waals surface area contributed by atoms with E-state index in [0.29, 0.717) is 23.7 Å². The van der Waals surface area contributed by atoms with E-state index in [-0.39, 0.29) is 0 Å². The van der Waals surface area contributed by atoms with Gasteiger partial charge in [-0.3, -0.25) is 4.79 Å².